The molecule has 4 rings (SSSR count). The van der Waals surface area contributed by atoms with Crippen molar-refractivity contribution in [1.82, 2.24) is 15.2 Å². The van der Waals surface area contributed by atoms with Crippen LogP contribution in [0.1, 0.15) is 32.9 Å². The van der Waals surface area contributed by atoms with Gasteiger partial charge in [0.25, 0.3) is 11.8 Å². The highest BCUT2D eigenvalue weighted by atomic mass is 19.4. The van der Waals surface area contributed by atoms with Gasteiger partial charge in [-0.1, -0.05) is 0 Å². The molecule has 0 saturated carbocycles. The van der Waals surface area contributed by atoms with Gasteiger partial charge in [0.1, 0.15) is 5.82 Å². The van der Waals surface area contributed by atoms with Crippen molar-refractivity contribution in [3.8, 4) is 0 Å². The van der Waals surface area contributed by atoms with Crippen molar-refractivity contribution < 1.29 is 31.9 Å². The van der Waals surface area contributed by atoms with Gasteiger partial charge in [0.05, 0.1) is 35.6 Å². The van der Waals surface area contributed by atoms with E-state index in [1.54, 1.807) is 0 Å². The molecule has 2 amide bonds. The van der Waals surface area contributed by atoms with Crippen LogP contribution in [0.3, 0.4) is 0 Å². The van der Waals surface area contributed by atoms with Crippen molar-refractivity contribution in [2.45, 2.75) is 13.1 Å². The fraction of sp³-hybridized carbons (Fsp3) is 0.364. The molecule has 0 aliphatic carbocycles. The first-order chi connectivity index (χ1) is 15.6. The molecular weight excluding hydrogens is 444 g/mol. The third-order valence-corrected chi connectivity index (χ3v) is 5.60. The van der Waals surface area contributed by atoms with Crippen LogP contribution < -0.4 is 10.6 Å². The number of H-pyrrole nitrogens is 1. The van der Waals surface area contributed by atoms with Gasteiger partial charge in [0.2, 0.25) is 0 Å². The summed E-state index contributed by atoms with van der Waals surface area (Å²) < 4.78 is 61.0. The van der Waals surface area contributed by atoms with Crippen LogP contribution in [0.4, 0.5) is 23.2 Å². The summed E-state index contributed by atoms with van der Waals surface area (Å²) in [5, 5.41) is 5.04. The van der Waals surface area contributed by atoms with Crippen LogP contribution in [-0.2, 0) is 15.7 Å². The second-order valence-electron chi connectivity index (χ2n) is 7.82. The number of rotatable bonds is 5. The van der Waals surface area contributed by atoms with E-state index in [0.29, 0.717) is 38.5 Å². The Morgan fingerprint density at radius 3 is 2.70 bits per heavy atom. The van der Waals surface area contributed by atoms with Gasteiger partial charge in [-0.2, -0.15) is 13.2 Å². The number of aromatic nitrogens is 1. The predicted octanol–water partition coefficient (Wildman–Crippen LogP) is 3.04. The van der Waals surface area contributed by atoms with E-state index in [4.69, 9.17) is 4.74 Å². The highest BCUT2D eigenvalue weighted by molar-refractivity contribution is 6.35. The Kier molecular flexibility index (Phi) is 6.26. The molecule has 1 aromatic heterocycles. The van der Waals surface area contributed by atoms with Crippen molar-refractivity contribution in [2.24, 2.45) is 0 Å². The van der Waals surface area contributed by atoms with Crippen molar-refractivity contribution in [2.75, 3.05) is 44.7 Å². The Balaban J connectivity index is 1.64. The number of hydrogen-bond donors (Lipinski definition) is 3. The molecule has 0 spiro atoms. The van der Waals surface area contributed by atoms with Crippen LogP contribution in [0.5, 0.6) is 0 Å². The molecule has 1 saturated heterocycles. The number of halogens is 4. The molecule has 3 N–H and O–H groups in total. The first-order valence-corrected chi connectivity index (χ1v) is 10.4. The number of amides is 2. The van der Waals surface area contributed by atoms with Crippen LogP contribution >= 0.6 is 0 Å². The third-order valence-electron chi connectivity index (χ3n) is 5.60. The molecule has 3 heterocycles. The fourth-order valence-electron chi connectivity index (χ4n) is 4.02. The molecule has 0 unspecified atom stereocenters. The molecule has 0 atom stereocenters. The number of morpholine rings is 1. The molecule has 7 nitrogen and oxygen atoms in total. The lowest BCUT2D eigenvalue weighted by atomic mass is 10.0. The smallest absolute Gasteiger partial charge is 0.379 e. The van der Waals surface area contributed by atoms with Gasteiger partial charge in [0.15, 0.2) is 0 Å². The van der Waals surface area contributed by atoms with Crippen LogP contribution in [0, 0.1) is 12.7 Å². The summed E-state index contributed by atoms with van der Waals surface area (Å²) in [6.45, 7) is 4.54. The number of nitrogens with one attached hydrogen (secondary N) is 3. The Morgan fingerprint density at radius 1 is 1.27 bits per heavy atom. The maximum atomic E-state index is 14.0. The summed E-state index contributed by atoms with van der Waals surface area (Å²) in [7, 11) is 0. The van der Waals surface area contributed by atoms with Crippen LogP contribution in [0.15, 0.2) is 18.2 Å². The Bertz CT molecular complexity index is 1120. The van der Waals surface area contributed by atoms with E-state index < -0.39 is 40.6 Å². The topological polar surface area (TPSA) is 86.5 Å². The molecule has 1 fully saturated rings. The lowest BCUT2D eigenvalue weighted by molar-refractivity contribution is -0.138. The highest BCUT2D eigenvalue weighted by Crippen LogP contribution is 2.40. The lowest BCUT2D eigenvalue weighted by Gasteiger charge is -2.26. The van der Waals surface area contributed by atoms with Crippen molar-refractivity contribution >= 4 is 29.2 Å². The van der Waals surface area contributed by atoms with Gasteiger partial charge < -0.3 is 20.4 Å². The second-order valence-corrected chi connectivity index (χ2v) is 7.82. The number of benzene rings is 1. The van der Waals surface area contributed by atoms with Gasteiger partial charge >= 0.3 is 6.18 Å². The van der Waals surface area contributed by atoms with Crippen molar-refractivity contribution in [1.29, 1.82) is 0 Å². The monoisotopic (exact) mass is 466 g/mol. The van der Waals surface area contributed by atoms with Gasteiger partial charge in [-0.05, 0) is 31.2 Å². The zero-order valence-corrected chi connectivity index (χ0v) is 17.7. The minimum atomic E-state index is -4.87. The molecule has 2 aliphatic rings. The van der Waals surface area contributed by atoms with Crippen LogP contribution in [-0.4, -0.2) is 61.1 Å². The standard InChI is InChI=1S/C22H22F4N4O3/c1-12-18(21(32)27-4-5-30-6-8-33-9-7-30)19(22(24,25)26)17(28-12)11-15-14-10-13(23)2-3-16(14)29-20(15)31/h2-3,10-11,28H,4-9H2,1H3,(H,27,32)(H,29,31)/b15-11-. The average Bonchev–Trinajstić information content (AvgIpc) is 3.25. The van der Waals surface area contributed by atoms with E-state index >= 15 is 0 Å². The summed E-state index contributed by atoms with van der Waals surface area (Å²) in [6.07, 6.45) is -3.87. The molecular formula is C22H22F4N4O3. The van der Waals surface area contributed by atoms with Crippen molar-refractivity contribution in [3.63, 3.8) is 0 Å². The zero-order valence-electron chi connectivity index (χ0n) is 17.7. The molecule has 11 heteroatoms. The quantitative estimate of drug-likeness (QED) is 0.467. The molecule has 33 heavy (non-hydrogen) atoms. The Labute approximate surface area is 186 Å². The molecule has 176 valence electrons. The van der Waals surface area contributed by atoms with Gasteiger partial charge in [-0.3, -0.25) is 14.5 Å². The normalized spacial score (nSPS) is 17.8. The van der Waals surface area contributed by atoms with E-state index in [-0.39, 0.29) is 23.4 Å². The summed E-state index contributed by atoms with van der Waals surface area (Å²) >= 11 is 0. The Morgan fingerprint density at radius 2 is 2.00 bits per heavy atom. The van der Waals surface area contributed by atoms with E-state index in [1.807, 2.05) is 4.90 Å². The first-order valence-electron chi connectivity index (χ1n) is 10.4. The van der Waals surface area contributed by atoms with E-state index in [1.165, 1.54) is 13.0 Å². The van der Waals surface area contributed by atoms with Crippen LogP contribution in [0.25, 0.3) is 11.6 Å². The first kappa shape index (κ1) is 23.0. The number of carbonyl (C=O) groups excluding carboxylic acids is 2. The number of ether oxygens (including phenoxy) is 1. The number of anilines is 1. The average molecular weight is 466 g/mol. The summed E-state index contributed by atoms with van der Waals surface area (Å²) in [6, 6.07) is 3.55. The number of fused-ring (bicyclic) bond motifs is 1. The number of nitrogens with zero attached hydrogens (tertiary/aromatic N) is 1. The maximum absolute atomic E-state index is 14.0. The van der Waals surface area contributed by atoms with Gasteiger partial charge in [-0.25, -0.2) is 4.39 Å². The molecule has 0 radical (unpaired) electrons. The largest absolute Gasteiger partial charge is 0.419 e. The molecule has 2 aromatic rings. The second kappa shape index (κ2) is 8.99. The van der Waals surface area contributed by atoms with E-state index in [2.05, 4.69) is 15.6 Å². The molecule has 2 aliphatic heterocycles. The third kappa shape index (κ3) is 4.79. The predicted molar refractivity (Wildman–Crippen MR) is 113 cm³/mol. The number of carbonyl (C=O) groups is 2. The highest BCUT2D eigenvalue weighted by Gasteiger charge is 2.41. The summed E-state index contributed by atoms with van der Waals surface area (Å²) in [5.74, 6) is -2.15. The summed E-state index contributed by atoms with van der Waals surface area (Å²) in [5.41, 5.74) is -1.82. The lowest BCUT2D eigenvalue weighted by Crippen LogP contribution is -2.41. The van der Waals surface area contributed by atoms with Gasteiger partial charge in [-0.15, -0.1) is 0 Å². The molecule has 0 bridgehead atoms. The number of aromatic amines is 1. The minimum absolute atomic E-state index is 0.0101. The van der Waals surface area contributed by atoms with Crippen LogP contribution in [0.2, 0.25) is 0 Å². The number of aryl methyl sites for hydroxylation is 1. The number of alkyl halides is 3. The fourth-order valence-corrected chi connectivity index (χ4v) is 4.02. The van der Waals surface area contributed by atoms with E-state index in [0.717, 1.165) is 18.2 Å². The minimum Gasteiger partial charge on any atom is -0.379 e. The summed E-state index contributed by atoms with van der Waals surface area (Å²) in [4.78, 5) is 29.7. The van der Waals surface area contributed by atoms with E-state index in [9.17, 15) is 27.2 Å². The number of hydrogen-bond acceptors (Lipinski definition) is 4. The Hall–Kier alpha value is -3.18. The maximum Gasteiger partial charge on any atom is 0.419 e. The van der Waals surface area contributed by atoms with Gasteiger partial charge in [0, 0.05) is 43.1 Å². The zero-order chi connectivity index (χ0) is 23.8. The SMILES string of the molecule is Cc1[nH]c(/C=C2\C(=O)Nc3ccc(F)cc32)c(C(F)(F)F)c1C(=O)NCCN1CCOCC1. The molecule has 1 aromatic carbocycles. The van der Waals surface area contributed by atoms with Crippen molar-refractivity contribution in [3.05, 3.63) is 52.1 Å².